The summed E-state index contributed by atoms with van der Waals surface area (Å²) >= 11 is 0. The van der Waals surface area contributed by atoms with E-state index < -0.39 is 17.6 Å². The first-order valence-corrected chi connectivity index (χ1v) is 11.7. The maximum absolute atomic E-state index is 13.0. The van der Waals surface area contributed by atoms with Crippen LogP contribution in [0.3, 0.4) is 0 Å². The van der Waals surface area contributed by atoms with Crippen LogP contribution in [-0.2, 0) is 11.0 Å². The highest BCUT2D eigenvalue weighted by molar-refractivity contribution is 6.04. The Labute approximate surface area is 214 Å². The number of nitrogen functional groups attached to an aromatic ring is 1. The van der Waals surface area contributed by atoms with E-state index in [2.05, 4.69) is 21.9 Å². The van der Waals surface area contributed by atoms with Gasteiger partial charge in [-0.1, -0.05) is 18.7 Å². The van der Waals surface area contributed by atoms with Gasteiger partial charge in [0.1, 0.15) is 28.7 Å². The minimum atomic E-state index is -4.55. The monoisotopic (exact) mass is 521 g/mol. The zero-order chi connectivity index (χ0) is 27.0. The van der Waals surface area contributed by atoms with E-state index in [1.54, 1.807) is 29.4 Å². The van der Waals surface area contributed by atoms with E-state index in [4.69, 9.17) is 10.7 Å². The Bertz CT molecular complexity index is 1550. The van der Waals surface area contributed by atoms with Crippen LogP contribution >= 0.6 is 0 Å². The van der Waals surface area contributed by atoms with Crippen LogP contribution in [0.25, 0.3) is 16.8 Å². The number of anilines is 2. The molecule has 2 amide bonds. The molecule has 0 radical (unpaired) electrons. The van der Waals surface area contributed by atoms with E-state index in [1.807, 2.05) is 4.40 Å². The number of likely N-dealkylation sites (tertiary alicyclic amines) is 1. The number of hydrogen-bond acceptors (Lipinski definition) is 6. The van der Waals surface area contributed by atoms with Crippen molar-refractivity contribution in [2.45, 2.75) is 25.1 Å². The van der Waals surface area contributed by atoms with Gasteiger partial charge >= 0.3 is 6.18 Å². The molecule has 1 aliphatic heterocycles. The summed E-state index contributed by atoms with van der Waals surface area (Å²) in [6, 6.07) is 7.70. The fourth-order valence-electron chi connectivity index (χ4n) is 4.58. The van der Waals surface area contributed by atoms with Crippen molar-refractivity contribution in [1.29, 1.82) is 0 Å². The number of halogens is 3. The van der Waals surface area contributed by atoms with Crippen LogP contribution in [0.5, 0.6) is 0 Å². The van der Waals surface area contributed by atoms with Gasteiger partial charge in [-0.25, -0.2) is 15.0 Å². The molecule has 1 saturated heterocycles. The van der Waals surface area contributed by atoms with Gasteiger partial charge in [0.05, 0.1) is 11.6 Å². The second-order valence-corrected chi connectivity index (χ2v) is 8.70. The van der Waals surface area contributed by atoms with E-state index in [1.165, 1.54) is 18.2 Å². The van der Waals surface area contributed by atoms with E-state index in [0.717, 1.165) is 31.2 Å². The number of nitrogens with two attached hydrogens (primary N) is 1. The van der Waals surface area contributed by atoms with E-state index in [-0.39, 0.29) is 29.1 Å². The number of alkyl halides is 3. The van der Waals surface area contributed by atoms with Crippen molar-refractivity contribution in [2.75, 3.05) is 17.6 Å². The Morgan fingerprint density at radius 3 is 2.61 bits per heavy atom. The second-order valence-electron chi connectivity index (χ2n) is 8.70. The highest BCUT2D eigenvalue weighted by Gasteiger charge is 2.33. The van der Waals surface area contributed by atoms with Gasteiger partial charge in [0.15, 0.2) is 0 Å². The maximum atomic E-state index is 13.0. The van der Waals surface area contributed by atoms with E-state index in [0.29, 0.717) is 29.1 Å². The van der Waals surface area contributed by atoms with Crippen molar-refractivity contribution in [3.8, 4) is 11.3 Å². The summed E-state index contributed by atoms with van der Waals surface area (Å²) < 4.78 is 40.7. The van der Waals surface area contributed by atoms with Gasteiger partial charge < -0.3 is 16.0 Å². The third-order valence-corrected chi connectivity index (χ3v) is 6.37. The molecule has 4 aromatic rings. The molecule has 1 unspecified atom stereocenters. The van der Waals surface area contributed by atoms with Crippen molar-refractivity contribution in [3.05, 3.63) is 84.6 Å². The molecule has 3 N–H and O–H groups in total. The maximum Gasteiger partial charge on any atom is 0.416 e. The topological polar surface area (TPSA) is 119 Å². The normalized spacial score (nSPS) is 15.6. The quantitative estimate of drug-likeness (QED) is 0.374. The second kappa shape index (κ2) is 9.61. The number of rotatable bonds is 5. The van der Waals surface area contributed by atoms with Gasteiger partial charge in [0.2, 0.25) is 5.91 Å². The molecular weight excluding hydrogens is 499 g/mol. The Hall–Kier alpha value is -4.74. The van der Waals surface area contributed by atoms with Crippen molar-refractivity contribution in [2.24, 2.45) is 0 Å². The molecule has 194 valence electrons. The van der Waals surface area contributed by atoms with Crippen LogP contribution < -0.4 is 11.1 Å². The number of nitrogens with one attached hydrogen (secondary N) is 1. The Morgan fingerprint density at radius 1 is 1.13 bits per heavy atom. The summed E-state index contributed by atoms with van der Waals surface area (Å²) in [7, 11) is 0. The van der Waals surface area contributed by atoms with Gasteiger partial charge in [-0.15, -0.1) is 0 Å². The summed E-state index contributed by atoms with van der Waals surface area (Å²) in [5.41, 5.74) is 7.23. The van der Waals surface area contributed by atoms with Crippen LogP contribution in [0, 0.1) is 0 Å². The molecule has 12 heteroatoms. The number of carbonyl (C=O) groups excluding carboxylic acids is 2. The number of hydrogen-bond donors (Lipinski definition) is 2. The molecule has 1 aromatic carbocycles. The summed E-state index contributed by atoms with van der Waals surface area (Å²) in [4.78, 5) is 39.6. The van der Waals surface area contributed by atoms with Crippen molar-refractivity contribution < 1.29 is 22.8 Å². The Morgan fingerprint density at radius 2 is 1.89 bits per heavy atom. The molecule has 1 fully saturated rings. The summed E-state index contributed by atoms with van der Waals surface area (Å²) in [5.74, 6) is -0.136. The Kier molecular flexibility index (Phi) is 6.31. The predicted molar refractivity (Wildman–Crippen MR) is 134 cm³/mol. The number of aromatic nitrogens is 4. The minimum absolute atomic E-state index is 0.182. The highest BCUT2D eigenvalue weighted by atomic mass is 19.4. The lowest BCUT2D eigenvalue weighted by molar-refractivity contribution is -0.137. The standard InChI is InChI=1S/C26H22F3N7O2/c1-2-20(37)35-12-3-4-18(35)24-34-21(22-23(30)32-11-13-36(22)24)15-5-7-16(8-6-15)25(38)33-19-14-17(9-10-31-19)26(27,28)29/h2,5-11,13-14,18H,1,3-4,12H2,(H2,30,32)(H,31,33,38). The third kappa shape index (κ3) is 4.56. The van der Waals surface area contributed by atoms with Gasteiger partial charge in [-0.05, 0) is 43.2 Å². The fourth-order valence-corrected chi connectivity index (χ4v) is 4.58. The molecule has 1 atom stereocenters. The molecule has 0 bridgehead atoms. The molecule has 5 rings (SSSR count). The number of benzene rings is 1. The molecular formula is C26H22F3N7O2. The lowest BCUT2D eigenvalue weighted by atomic mass is 10.1. The Balaban J connectivity index is 1.46. The average molecular weight is 522 g/mol. The summed E-state index contributed by atoms with van der Waals surface area (Å²) in [5, 5.41) is 2.39. The SMILES string of the molecule is C=CC(=O)N1CCCC1c1nc(-c2ccc(C(=O)Nc3cc(C(F)(F)F)ccn3)cc2)c2c(N)nccn12. The molecule has 0 saturated carbocycles. The molecule has 38 heavy (non-hydrogen) atoms. The summed E-state index contributed by atoms with van der Waals surface area (Å²) in [6.45, 7) is 4.18. The lowest BCUT2D eigenvalue weighted by Gasteiger charge is -2.22. The van der Waals surface area contributed by atoms with Crippen molar-refractivity contribution in [3.63, 3.8) is 0 Å². The first kappa shape index (κ1) is 24.9. The van der Waals surface area contributed by atoms with E-state index >= 15 is 0 Å². The number of nitrogens with zero attached hydrogens (tertiary/aromatic N) is 5. The van der Waals surface area contributed by atoms with Crippen LogP contribution in [0.15, 0.2) is 67.6 Å². The zero-order valence-electron chi connectivity index (χ0n) is 19.9. The van der Waals surface area contributed by atoms with Crippen LogP contribution in [0.2, 0.25) is 0 Å². The molecule has 3 aromatic heterocycles. The van der Waals surface area contributed by atoms with Crippen LogP contribution in [-0.4, -0.2) is 42.6 Å². The van der Waals surface area contributed by atoms with E-state index in [9.17, 15) is 22.8 Å². The zero-order valence-corrected chi connectivity index (χ0v) is 19.9. The van der Waals surface area contributed by atoms with Crippen molar-refractivity contribution >= 4 is 29.0 Å². The fraction of sp³-hybridized carbons (Fsp3) is 0.192. The molecule has 1 aliphatic rings. The number of carbonyl (C=O) groups is 2. The van der Waals surface area contributed by atoms with Gasteiger partial charge in [0.25, 0.3) is 5.91 Å². The molecule has 0 aliphatic carbocycles. The van der Waals surface area contributed by atoms with Crippen LogP contribution in [0.4, 0.5) is 24.8 Å². The minimum Gasteiger partial charge on any atom is -0.382 e. The average Bonchev–Trinajstić information content (AvgIpc) is 3.54. The number of imidazole rings is 1. The predicted octanol–water partition coefficient (Wildman–Crippen LogP) is 4.49. The third-order valence-electron chi connectivity index (χ3n) is 6.37. The van der Waals surface area contributed by atoms with Gasteiger partial charge in [-0.3, -0.25) is 14.0 Å². The number of fused-ring (bicyclic) bond motifs is 1. The molecule has 0 spiro atoms. The lowest BCUT2D eigenvalue weighted by Crippen LogP contribution is -2.29. The first-order chi connectivity index (χ1) is 18.2. The highest BCUT2D eigenvalue weighted by Crippen LogP contribution is 2.36. The molecule has 4 heterocycles. The number of amides is 2. The number of pyridine rings is 1. The summed E-state index contributed by atoms with van der Waals surface area (Å²) in [6.07, 6.45) is 2.54. The smallest absolute Gasteiger partial charge is 0.382 e. The van der Waals surface area contributed by atoms with Gasteiger partial charge in [0, 0.05) is 36.3 Å². The largest absolute Gasteiger partial charge is 0.416 e. The first-order valence-electron chi connectivity index (χ1n) is 11.7. The van der Waals surface area contributed by atoms with Gasteiger partial charge in [-0.2, -0.15) is 13.2 Å². The van der Waals surface area contributed by atoms with Crippen molar-refractivity contribution in [1.82, 2.24) is 24.3 Å². The van der Waals surface area contributed by atoms with Crippen LogP contribution in [0.1, 0.15) is 40.6 Å². The molecule has 9 nitrogen and oxygen atoms in total.